The van der Waals surface area contributed by atoms with E-state index in [9.17, 15) is 9.59 Å². The van der Waals surface area contributed by atoms with Gasteiger partial charge >= 0.3 is 5.97 Å². The summed E-state index contributed by atoms with van der Waals surface area (Å²) in [6.07, 6.45) is 5.83. The quantitative estimate of drug-likeness (QED) is 0.631. The standard InChI is InChI=1S/C12H10N2O3S/c15-9-7-11-14(9)8(12(16)17)6-10(18-11)13-4-2-1-3-5-13/h1-6,10-11H,7H2/p+1/t10?,11-/m1/s1. The fraction of sp³-hybridized carbons (Fsp3) is 0.250. The van der Waals surface area contributed by atoms with Crippen LogP contribution in [0.1, 0.15) is 11.8 Å². The molecule has 1 aromatic rings. The van der Waals surface area contributed by atoms with E-state index in [0.29, 0.717) is 6.42 Å². The van der Waals surface area contributed by atoms with Gasteiger partial charge in [-0.05, 0) is 0 Å². The molecule has 1 saturated heterocycles. The summed E-state index contributed by atoms with van der Waals surface area (Å²) < 4.78 is 1.94. The molecule has 18 heavy (non-hydrogen) atoms. The van der Waals surface area contributed by atoms with Gasteiger partial charge in [-0.2, -0.15) is 4.57 Å². The van der Waals surface area contributed by atoms with E-state index in [1.807, 2.05) is 35.2 Å². The molecule has 2 aliphatic rings. The highest BCUT2D eigenvalue weighted by Crippen LogP contribution is 2.42. The number of rotatable bonds is 2. The summed E-state index contributed by atoms with van der Waals surface area (Å²) in [5, 5.41) is 9.04. The SMILES string of the molecule is O=C(O)C1=CC([n+]2ccccc2)S[C@@H]2CC(=O)N12. The highest BCUT2D eigenvalue weighted by molar-refractivity contribution is 8.00. The van der Waals surface area contributed by atoms with Crippen LogP contribution in [0, 0.1) is 0 Å². The first-order chi connectivity index (χ1) is 8.66. The van der Waals surface area contributed by atoms with E-state index >= 15 is 0 Å². The first-order valence-electron chi connectivity index (χ1n) is 5.55. The first-order valence-corrected chi connectivity index (χ1v) is 6.49. The zero-order valence-electron chi connectivity index (χ0n) is 9.39. The maximum Gasteiger partial charge on any atom is 0.352 e. The minimum absolute atomic E-state index is 0.0497. The summed E-state index contributed by atoms with van der Waals surface area (Å²) in [5.74, 6) is -1.16. The van der Waals surface area contributed by atoms with Gasteiger partial charge in [0.1, 0.15) is 5.70 Å². The summed E-state index contributed by atoms with van der Waals surface area (Å²) in [5.41, 5.74) is 0.0938. The van der Waals surface area contributed by atoms with Gasteiger partial charge in [-0.25, -0.2) is 4.79 Å². The molecule has 0 saturated carbocycles. The van der Waals surface area contributed by atoms with Crippen LogP contribution >= 0.6 is 11.8 Å². The number of hydrogen-bond acceptors (Lipinski definition) is 3. The van der Waals surface area contributed by atoms with Crippen LogP contribution in [0.2, 0.25) is 0 Å². The van der Waals surface area contributed by atoms with Crippen LogP contribution in [-0.2, 0) is 9.59 Å². The number of nitrogens with zero attached hydrogens (tertiary/aromatic N) is 2. The number of aliphatic carboxylic acids is 1. The van der Waals surface area contributed by atoms with E-state index < -0.39 is 5.97 Å². The van der Waals surface area contributed by atoms with Crippen molar-refractivity contribution in [2.45, 2.75) is 17.2 Å². The van der Waals surface area contributed by atoms with Crippen molar-refractivity contribution in [2.24, 2.45) is 0 Å². The van der Waals surface area contributed by atoms with Crippen LogP contribution in [-0.4, -0.2) is 27.3 Å². The van der Waals surface area contributed by atoms with Gasteiger partial charge in [0.2, 0.25) is 11.3 Å². The number of hydrogen-bond donors (Lipinski definition) is 1. The number of fused-ring (bicyclic) bond motifs is 1. The molecule has 3 rings (SSSR count). The average molecular weight is 263 g/mol. The molecule has 2 aliphatic heterocycles. The second-order valence-electron chi connectivity index (χ2n) is 4.13. The molecule has 92 valence electrons. The maximum atomic E-state index is 11.4. The Bertz CT molecular complexity index is 544. The van der Waals surface area contributed by atoms with Crippen LogP contribution < -0.4 is 4.57 Å². The van der Waals surface area contributed by atoms with Crippen molar-refractivity contribution in [2.75, 3.05) is 0 Å². The molecule has 1 unspecified atom stereocenters. The second kappa shape index (κ2) is 4.13. The predicted octanol–water partition coefficient (Wildman–Crippen LogP) is 0.746. The number of carbonyl (C=O) groups excluding carboxylic acids is 1. The topological polar surface area (TPSA) is 61.5 Å². The van der Waals surface area contributed by atoms with Crippen molar-refractivity contribution in [1.82, 2.24) is 4.90 Å². The number of aromatic nitrogens is 1. The molecule has 0 radical (unpaired) electrons. The van der Waals surface area contributed by atoms with Crippen LogP contribution in [0.15, 0.2) is 42.4 Å². The zero-order valence-corrected chi connectivity index (χ0v) is 10.2. The molecule has 1 N–H and O–H groups in total. The lowest BCUT2D eigenvalue weighted by atomic mass is 10.1. The molecule has 3 heterocycles. The lowest BCUT2D eigenvalue weighted by molar-refractivity contribution is -0.690. The van der Waals surface area contributed by atoms with Gasteiger partial charge in [0.15, 0.2) is 12.4 Å². The molecular formula is C12H11N2O3S+. The fourth-order valence-electron chi connectivity index (χ4n) is 2.11. The lowest BCUT2D eigenvalue weighted by Gasteiger charge is -2.42. The summed E-state index contributed by atoms with van der Waals surface area (Å²) in [7, 11) is 0. The lowest BCUT2D eigenvalue weighted by Crippen LogP contribution is -2.55. The van der Waals surface area contributed by atoms with E-state index in [4.69, 9.17) is 5.11 Å². The van der Waals surface area contributed by atoms with Crippen molar-refractivity contribution < 1.29 is 19.3 Å². The fourth-order valence-corrected chi connectivity index (χ4v) is 3.52. The number of carbonyl (C=O) groups is 2. The molecule has 1 aromatic heterocycles. The van der Waals surface area contributed by atoms with E-state index in [0.717, 1.165) is 0 Å². The highest BCUT2D eigenvalue weighted by atomic mass is 32.2. The molecule has 0 bridgehead atoms. The summed E-state index contributed by atoms with van der Waals surface area (Å²) >= 11 is 1.59. The van der Waals surface area contributed by atoms with E-state index in [2.05, 4.69) is 0 Å². The minimum Gasteiger partial charge on any atom is -0.477 e. The van der Waals surface area contributed by atoms with Gasteiger partial charge < -0.3 is 5.11 Å². The van der Waals surface area contributed by atoms with Gasteiger partial charge in [-0.15, -0.1) is 0 Å². The molecule has 6 heteroatoms. The van der Waals surface area contributed by atoms with Crippen LogP contribution in [0.25, 0.3) is 0 Å². The smallest absolute Gasteiger partial charge is 0.352 e. The van der Waals surface area contributed by atoms with Gasteiger partial charge in [0, 0.05) is 18.2 Å². The van der Waals surface area contributed by atoms with E-state index in [1.165, 1.54) is 4.90 Å². The van der Waals surface area contributed by atoms with Crippen LogP contribution in [0.5, 0.6) is 0 Å². The number of β-lactam (4-membered cyclic amide) rings is 1. The molecule has 0 spiro atoms. The molecule has 0 aliphatic carbocycles. The van der Waals surface area contributed by atoms with Crippen molar-refractivity contribution in [1.29, 1.82) is 0 Å². The number of carboxylic acid groups (broad SMARTS) is 1. The molecule has 0 aromatic carbocycles. The maximum absolute atomic E-state index is 11.4. The van der Waals surface area contributed by atoms with Crippen LogP contribution in [0.4, 0.5) is 0 Å². The predicted molar refractivity (Wildman–Crippen MR) is 64.2 cm³/mol. The number of amides is 1. The highest BCUT2D eigenvalue weighted by Gasteiger charge is 2.47. The van der Waals surface area contributed by atoms with Crippen molar-refractivity contribution in [3.05, 3.63) is 42.4 Å². The monoisotopic (exact) mass is 263 g/mol. The van der Waals surface area contributed by atoms with Crippen molar-refractivity contribution >= 4 is 23.6 Å². The average Bonchev–Trinajstić information content (AvgIpc) is 2.37. The molecule has 5 nitrogen and oxygen atoms in total. The minimum atomic E-state index is -1.05. The van der Waals surface area contributed by atoms with E-state index in [1.54, 1.807) is 17.8 Å². The summed E-state index contributed by atoms with van der Waals surface area (Å²) in [6.45, 7) is 0. The van der Waals surface area contributed by atoms with Gasteiger partial charge in [0.05, 0.1) is 11.8 Å². The third-order valence-corrected chi connectivity index (χ3v) is 4.36. The van der Waals surface area contributed by atoms with Crippen molar-refractivity contribution in [3.63, 3.8) is 0 Å². The Labute approximate surface area is 108 Å². The normalized spacial score (nSPS) is 26.1. The number of thioether (sulfide) groups is 1. The second-order valence-corrected chi connectivity index (χ2v) is 5.43. The Morgan fingerprint density at radius 2 is 2.11 bits per heavy atom. The Balaban J connectivity index is 1.97. The Kier molecular flexibility index (Phi) is 2.59. The third-order valence-electron chi connectivity index (χ3n) is 3.01. The molecule has 1 amide bonds. The Hall–Kier alpha value is -1.82. The zero-order chi connectivity index (χ0) is 12.7. The van der Waals surface area contributed by atoms with Gasteiger partial charge in [-0.1, -0.05) is 17.8 Å². The van der Waals surface area contributed by atoms with Crippen molar-refractivity contribution in [3.8, 4) is 0 Å². The Morgan fingerprint density at radius 1 is 1.39 bits per heavy atom. The Morgan fingerprint density at radius 3 is 2.72 bits per heavy atom. The third kappa shape index (κ3) is 1.69. The van der Waals surface area contributed by atoms with Gasteiger partial charge in [-0.3, -0.25) is 9.69 Å². The first kappa shape index (κ1) is 11.3. The number of pyridine rings is 1. The largest absolute Gasteiger partial charge is 0.477 e. The molecular weight excluding hydrogens is 252 g/mol. The number of carboxylic acids is 1. The summed E-state index contributed by atoms with van der Waals surface area (Å²) in [6, 6.07) is 5.70. The molecule has 2 atom stereocenters. The van der Waals surface area contributed by atoms with E-state index in [-0.39, 0.29) is 22.4 Å². The van der Waals surface area contributed by atoms with Crippen LogP contribution in [0.3, 0.4) is 0 Å². The summed E-state index contributed by atoms with van der Waals surface area (Å²) in [4.78, 5) is 24.0. The van der Waals surface area contributed by atoms with Gasteiger partial charge in [0.25, 0.3) is 0 Å². The molecule has 1 fully saturated rings.